The molecule has 1 aliphatic heterocycles. The highest BCUT2D eigenvalue weighted by Crippen LogP contribution is 2.36. The maximum Gasteiger partial charge on any atom is 0.276 e. The molecule has 1 saturated heterocycles. The average Bonchev–Trinajstić information content (AvgIpc) is 3.30. The van der Waals surface area contributed by atoms with Crippen molar-refractivity contribution in [2.45, 2.75) is 38.3 Å². The Morgan fingerprint density at radius 1 is 1.26 bits per heavy atom. The average molecular weight is 363 g/mol. The maximum absolute atomic E-state index is 12.8. The van der Waals surface area contributed by atoms with E-state index in [9.17, 15) is 4.79 Å². The van der Waals surface area contributed by atoms with Crippen LogP contribution in [0.25, 0.3) is 10.9 Å². The maximum atomic E-state index is 12.8. The molecule has 1 aliphatic carbocycles. The summed E-state index contributed by atoms with van der Waals surface area (Å²) < 4.78 is 11.1. The molecule has 2 aliphatic rings. The molecule has 1 aromatic carbocycles. The third kappa shape index (κ3) is 3.16. The van der Waals surface area contributed by atoms with Crippen molar-refractivity contribution in [1.29, 1.82) is 0 Å². The minimum absolute atomic E-state index is 0.0174. The van der Waals surface area contributed by atoms with Gasteiger partial charge in [0.05, 0.1) is 5.52 Å². The van der Waals surface area contributed by atoms with Crippen molar-refractivity contribution >= 4 is 16.8 Å². The molecule has 1 amide bonds. The monoisotopic (exact) mass is 363 g/mol. The van der Waals surface area contributed by atoms with Gasteiger partial charge in [-0.05, 0) is 49.4 Å². The number of pyridine rings is 1. The Morgan fingerprint density at radius 2 is 2.22 bits per heavy atom. The Hall–Kier alpha value is -2.89. The number of hydrogen-bond acceptors (Lipinski definition) is 5. The fourth-order valence-electron chi connectivity index (χ4n) is 4.31. The number of aromatic nitrogens is 2. The Balaban J connectivity index is 1.25. The largest absolute Gasteiger partial charge is 0.486 e. The molecule has 5 rings (SSSR count). The van der Waals surface area contributed by atoms with E-state index in [4.69, 9.17) is 9.26 Å². The summed E-state index contributed by atoms with van der Waals surface area (Å²) in [4.78, 5) is 19.1. The number of carbonyl (C=O) groups is 1. The number of ether oxygens (including phenoxy) is 1. The van der Waals surface area contributed by atoms with E-state index >= 15 is 0 Å². The van der Waals surface area contributed by atoms with Crippen molar-refractivity contribution in [3.05, 3.63) is 54.0 Å². The molecule has 0 N–H and O–H groups in total. The summed E-state index contributed by atoms with van der Waals surface area (Å²) >= 11 is 0. The van der Waals surface area contributed by atoms with Gasteiger partial charge in [0.1, 0.15) is 12.4 Å². The van der Waals surface area contributed by atoms with Gasteiger partial charge in [0.25, 0.3) is 5.91 Å². The highest BCUT2D eigenvalue weighted by atomic mass is 16.5. The van der Waals surface area contributed by atoms with Crippen molar-refractivity contribution in [2.75, 3.05) is 6.54 Å². The van der Waals surface area contributed by atoms with Gasteiger partial charge in [-0.1, -0.05) is 17.6 Å². The van der Waals surface area contributed by atoms with Gasteiger partial charge in [0, 0.05) is 30.2 Å². The van der Waals surface area contributed by atoms with Gasteiger partial charge in [-0.3, -0.25) is 9.78 Å². The lowest BCUT2D eigenvalue weighted by molar-refractivity contribution is 0.0722. The zero-order valence-electron chi connectivity index (χ0n) is 15.0. The standard InChI is InChI=1S/C21H21N3O3/c25-21(24-12-14-3-1-5-16(24)9-14)20-11-18(27-23-20)13-26-17-6-7-19-15(10-17)4-2-8-22-19/h2,4,6-8,10-11,14,16H,1,3,5,9,12-13H2/t14-,16+/m0/s1. The number of rotatable bonds is 4. The van der Waals surface area contributed by atoms with E-state index in [2.05, 4.69) is 10.1 Å². The van der Waals surface area contributed by atoms with E-state index in [1.165, 1.54) is 12.8 Å². The van der Waals surface area contributed by atoms with Crippen LogP contribution in [0.4, 0.5) is 0 Å². The molecule has 6 nitrogen and oxygen atoms in total. The fraction of sp³-hybridized carbons (Fsp3) is 0.381. The molecule has 2 aromatic heterocycles. The molecular weight excluding hydrogens is 342 g/mol. The van der Waals surface area contributed by atoms with Crippen LogP contribution in [0.1, 0.15) is 41.9 Å². The normalized spacial score (nSPS) is 21.6. The zero-order valence-corrected chi connectivity index (χ0v) is 15.0. The number of benzene rings is 1. The van der Waals surface area contributed by atoms with Gasteiger partial charge in [0.2, 0.25) is 0 Å². The second-order valence-corrected chi connectivity index (χ2v) is 7.47. The smallest absolute Gasteiger partial charge is 0.276 e. The predicted molar refractivity (Wildman–Crippen MR) is 99.4 cm³/mol. The first-order valence-corrected chi connectivity index (χ1v) is 9.50. The van der Waals surface area contributed by atoms with Gasteiger partial charge in [0.15, 0.2) is 11.5 Å². The minimum atomic E-state index is -0.0174. The Bertz CT molecular complexity index is 983. The van der Waals surface area contributed by atoms with Crippen LogP contribution in [-0.2, 0) is 6.61 Å². The number of fused-ring (bicyclic) bond motifs is 3. The SMILES string of the molecule is O=C(c1cc(COc2ccc3ncccc3c2)on1)N1C[C@H]2CCC[C@@H]1C2. The van der Waals surface area contributed by atoms with Crippen LogP contribution < -0.4 is 4.74 Å². The molecule has 0 spiro atoms. The molecule has 1 saturated carbocycles. The van der Waals surface area contributed by atoms with Crippen LogP contribution in [0.2, 0.25) is 0 Å². The van der Waals surface area contributed by atoms with E-state index in [1.54, 1.807) is 12.3 Å². The van der Waals surface area contributed by atoms with Crippen molar-refractivity contribution in [2.24, 2.45) is 5.92 Å². The van der Waals surface area contributed by atoms with Crippen molar-refractivity contribution in [3.8, 4) is 5.75 Å². The third-order valence-electron chi connectivity index (χ3n) is 5.65. The molecule has 2 bridgehead atoms. The molecule has 3 heterocycles. The number of nitrogens with zero attached hydrogens (tertiary/aromatic N) is 3. The third-order valence-corrected chi connectivity index (χ3v) is 5.65. The summed E-state index contributed by atoms with van der Waals surface area (Å²) in [5, 5.41) is 5.00. The van der Waals surface area contributed by atoms with E-state index in [0.717, 1.165) is 36.0 Å². The topological polar surface area (TPSA) is 68.5 Å². The number of carbonyl (C=O) groups excluding carboxylic acids is 1. The van der Waals surface area contributed by atoms with E-state index in [0.29, 0.717) is 23.4 Å². The molecular formula is C21H21N3O3. The molecule has 27 heavy (non-hydrogen) atoms. The van der Waals surface area contributed by atoms with Crippen LogP contribution in [0.3, 0.4) is 0 Å². The molecule has 138 valence electrons. The van der Waals surface area contributed by atoms with Gasteiger partial charge in [-0.25, -0.2) is 0 Å². The molecule has 2 atom stereocenters. The fourth-order valence-corrected chi connectivity index (χ4v) is 4.31. The van der Waals surface area contributed by atoms with Gasteiger partial charge in [-0.15, -0.1) is 0 Å². The lowest BCUT2D eigenvalue weighted by Crippen LogP contribution is -2.35. The summed E-state index contributed by atoms with van der Waals surface area (Å²) in [5.74, 6) is 1.92. The highest BCUT2D eigenvalue weighted by Gasteiger charge is 2.38. The number of likely N-dealkylation sites (tertiary alicyclic amines) is 1. The van der Waals surface area contributed by atoms with Gasteiger partial charge >= 0.3 is 0 Å². The van der Waals surface area contributed by atoms with Crippen LogP contribution in [0.5, 0.6) is 5.75 Å². The summed E-state index contributed by atoms with van der Waals surface area (Å²) in [6.07, 6.45) is 6.46. The lowest BCUT2D eigenvalue weighted by atomic mass is 9.90. The molecule has 3 aromatic rings. The Labute approximate surface area is 157 Å². The molecule has 0 unspecified atom stereocenters. The number of amides is 1. The van der Waals surface area contributed by atoms with Crippen LogP contribution in [-0.4, -0.2) is 33.5 Å². The first-order valence-electron chi connectivity index (χ1n) is 9.50. The first kappa shape index (κ1) is 16.3. The van der Waals surface area contributed by atoms with E-state index in [-0.39, 0.29) is 12.5 Å². The molecule has 6 heteroatoms. The van der Waals surface area contributed by atoms with Crippen molar-refractivity contribution < 1.29 is 14.1 Å². The lowest BCUT2D eigenvalue weighted by Gasteiger charge is -2.23. The van der Waals surface area contributed by atoms with E-state index < -0.39 is 0 Å². The summed E-state index contributed by atoms with van der Waals surface area (Å²) in [6.45, 7) is 1.09. The summed E-state index contributed by atoms with van der Waals surface area (Å²) in [7, 11) is 0. The van der Waals surface area contributed by atoms with Crippen molar-refractivity contribution in [1.82, 2.24) is 15.0 Å². The summed E-state index contributed by atoms with van der Waals surface area (Å²) in [6, 6.07) is 11.7. The second kappa shape index (κ2) is 6.68. The van der Waals surface area contributed by atoms with Crippen LogP contribution in [0, 0.1) is 5.92 Å². The highest BCUT2D eigenvalue weighted by molar-refractivity contribution is 5.92. The van der Waals surface area contributed by atoms with Gasteiger partial charge < -0.3 is 14.2 Å². The zero-order chi connectivity index (χ0) is 18.2. The second-order valence-electron chi connectivity index (χ2n) is 7.47. The van der Waals surface area contributed by atoms with Gasteiger partial charge in [-0.2, -0.15) is 0 Å². The van der Waals surface area contributed by atoms with Crippen molar-refractivity contribution in [3.63, 3.8) is 0 Å². The van der Waals surface area contributed by atoms with Crippen LogP contribution in [0.15, 0.2) is 47.1 Å². The quantitative estimate of drug-likeness (QED) is 0.705. The molecule has 2 fully saturated rings. The van der Waals surface area contributed by atoms with E-state index in [1.807, 2.05) is 35.2 Å². The predicted octanol–water partition coefficient (Wildman–Crippen LogP) is 3.82. The Kier molecular flexibility index (Phi) is 4.03. The molecule has 0 radical (unpaired) electrons. The van der Waals surface area contributed by atoms with Crippen LogP contribution >= 0.6 is 0 Å². The first-order chi connectivity index (χ1) is 13.3. The minimum Gasteiger partial charge on any atom is -0.486 e. The summed E-state index contributed by atoms with van der Waals surface area (Å²) in [5.41, 5.74) is 1.30. The number of hydrogen-bond donors (Lipinski definition) is 0. The Morgan fingerprint density at radius 3 is 3.15 bits per heavy atom.